The molecule has 0 unspecified atom stereocenters. The van der Waals surface area contributed by atoms with Crippen molar-refractivity contribution >= 4 is 22.9 Å². The Morgan fingerprint density at radius 1 is 1.35 bits per heavy atom. The number of hydrogen-bond donors (Lipinski definition) is 4. The molecule has 3 rings (SSSR count). The zero-order valence-electron chi connectivity index (χ0n) is 11.1. The fourth-order valence-corrected chi connectivity index (χ4v) is 2.35. The number of hydrogen-bond acceptors (Lipinski definition) is 8. The number of nitrogens with one attached hydrogen (secondary N) is 1. The van der Waals surface area contributed by atoms with E-state index in [2.05, 4.69) is 20.3 Å². The average Bonchev–Trinajstić information content (AvgIpc) is 2.94. The van der Waals surface area contributed by atoms with Crippen molar-refractivity contribution in [3.05, 3.63) is 6.33 Å². The van der Waals surface area contributed by atoms with Gasteiger partial charge < -0.3 is 26.0 Å². The second kappa shape index (κ2) is 4.54. The van der Waals surface area contributed by atoms with E-state index in [1.165, 1.54) is 6.33 Å². The molecular weight excluding hydrogens is 264 g/mol. The number of nitrogen functional groups attached to an aromatic ring is 1. The number of anilines is 2. The Morgan fingerprint density at radius 3 is 2.70 bits per heavy atom. The summed E-state index contributed by atoms with van der Waals surface area (Å²) >= 11 is 0. The van der Waals surface area contributed by atoms with Crippen LogP contribution in [-0.4, -0.2) is 55.1 Å². The van der Waals surface area contributed by atoms with Gasteiger partial charge in [0.15, 0.2) is 23.2 Å². The topological polar surface area (TPSA) is 131 Å². The standard InChI is InChI=1S/C11H16N6O3/c1-4-6(18)7(19)10(20-4)17-3-14-5-8(13-2)15-11(12)16-9(5)17/h3-4,6-7,10,18-19H,1-2H3,(H3,12,13,15,16)/t4-,6-,7-,10-/m1/s1. The lowest BCUT2D eigenvalue weighted by Gasteiger charge is -2.16. The Labute approximate surface area is 114 Å². The number of ether oxygens (including phenoxy) is 1. The highest BCUT2D eigenvalue weighted by Crippen LogP contribution is 2.32. The van der Waals surface area contributed by atoms with Gasteiger partial charge in [0.2, 0.25) is 5.95 Å². The zero-order valence-corrected chi connectivity index (χ0v) is 11.1. The molecule has 0 aromatic carbocycles. The molecule has 0 bridgehead atoms. The summed E-state index contributed by atoms with van der Waals surface area (Å²) in [4.78, 5) is 12.4. The van der Waals surface area contributed by atoms with Gasteiger partial charge in [-0.3, -0.25) is 4.57 Å². The van der Waals surface area contributed by atoms with Crippen molar-refractivity contribution < 1.29 is 14.9 Å². The molecule has 2 aromatic heterocycles. The summed E-state index contributed by atoms with van der Waals surface area (Å²) in [6, 6.07) is 0. The minimum atomic E-state index is -1.06. The van der Waals surface area contributed by atoms with Gasteiger partial charge in [-0.25, -0.2) is 4.98 Å². The van der Waals surface area contributed by atoms with Crippen molar-refractivity contribution in [2.75, 3.05) is 18.1 Å². The van der Waals surface area contributed by atoms with Gasteiger partial charge in [0.25, 0.3) is 0 Å². The molecule has 2 aromatic rings. The first-order valence-electron chi connectivity index (χ1n) is 6.22. The molecule has 9 heteroatoms. The number of imidazole rings is 1. The first-order valence-corrected chi connectivity index (χ1v) is 6.22. The number of nitrogens with two attached hydrogens (primary N) is 1. The van der Waals surface area contributed by atoms with Crippen molar-refractivity contribution in [1.29, 1.82) is 0 Å². The Morgan fingerprint density at radius 2 is 2.10 bits per heavy atom. The van der Waals surface area contributed by atoms with Crippen LogP contribution in [0.15, 0.2) is 6.33 Å². The quantitative estimate of drug-likeness (QED) is 0.556. The molecule has 3 heterocycles. The molecule has 20 heavy (non-hydrogen) atoms. The first kappa shape index (κ1) is 13.0. The van der Waals surface area contributed by atoms with Crippen LogP contribution in [0.25, 0.3) is 11.2 Å². The molecule has 0 amide bonds. The molecule has 0 aliphatic carbocycles. The Hall–Kier alpha value is -1.97. The molecular formula is C11H16N6O3. The van der Waals surface area contributed by atoms with Gasteiger partial charge in [0.1, 0.15) is 12.2 Å². The number of rotatable bonds is 2. The highest BCUT2D eigenvalue weighted by atomic mass is 16.6. The van der Waals surface area contributed by atoms with Crippen molar-refractivity contribution in [2.24, 2.45) is 0 Å². The molecule has 0 radical (unpaired) electrons. The van der Waals surface area contributed by atoms with Crippen LogP contribution < -0.4 is 11.1 Å². The van der Waals surface area contributed by atoms with Crippen LogP contribution in [0, 0.1) is 0 Å². The first-order chi connectivity index (χ1) is 9.52. The Balaban J connectivity index is 2.11. The molecule has 4 atom stereocenters. The van der Waals surface area contributed by atoms with E-state index < -0.39 is 24.5 Å². The number of aliphatic hydroxyl groups is 2. The van der Waals surface area contributed by atoms with Crippen molar-refractivity contribution in [1.82, 2.24) is 19.5 Å². The average molecular weight is 280 g/mol. The van der Waals surface area contributed by atoms with E-state index in [4.69, 9.17) is 10.5 Å². The lowest BCUT2D eigenvalue weighted by molar-refractivity contribution is -0.0299. The molecule has 1 aliphatic rings. The number of aliphatic hydroxyl groups excluding tert-OH is 2. The summed E-state index contributed by atoms with van der Waals surface area (Å²) in [7, 11) is 1.70. The summed E-state index contributed by atoms with van der Waals surface area (Å²) in [6.45, 7) is 1.69. The summed E-state index contributed by atoms with van der Waals surface area (Å²) < 4.78 is 7.10. The van der Waals surface area contributed by atoms with Crippen LogP contribution in [0.1, 0.15) is 13.2 Å². The van der Waals surface area contributed by atoms with E-state index in [9.17, 15) is 10.2 Å². The summed E-state index contributed by atoms with van der Waals surface area (Å²) in [5.74, 6) is 0.581. The predicted octanol–water partition coefficient (Wildman–Crippen LogP) is -0.911. The van der Waals surface area contributed by atoms with Crippen molar-refractivity contribution in [3.63, 3.8) is 0 Å². The number of aromatic nitrogens is 4. The number of fused-ring (bicyclic) bond motifs is 1. The maximum atomic E-state index is 10.0. The van der Waals surface area contributed by atoms with Gasteiger partial charge in [-0.1, -0.05) is 0 Å². The highest BCUT2D eigenvalue weighted by Gasteiger charge is 2.42. The van der Waals surface area contributed by atoms with Crippen LogP contribution in [0.2, 0.25) is 0 Å². The second-order valence-corrected chi connectivity index (χ2v) is 4.72. The lowest BCUT2D eigenvalue weighted by Crippen LogP contribution is -2.30. The van der Waals surface area contributed by atoms with Gasteiger partial charge in [-0.05, 0) is 6.92 Å². The highest BCUT2D eigenvalue weighted by molar-refractivity contribution is 5.84. The molecule has 1 fully saturated rings. The normalized spacial score (nSPS) is 30.0. The van der Waals surface area contributed by atoms with E-state index in [0.29, 0.717) is 17.0 Å². The van der Waals surface area contributed by atoms with E-state index in [1.807, 2.05) is 0 Å². The smallest absolute Gasteiger partial charge is 0.224 e. The van der Waals surface area contributed by atoms with Gasteiger partial charge in [0.05, 0.1) is 12.4 Å². The third-order valence-corrected chi connectivity index (χ3v) is 3.43. The van der Waals surface area contributed by atoms with E-state index in [1.54, 1.807) is 18.5 Å². The Kier molecular flexibility index (Phi) is 2.96. The summed E-state index contributed by atoms with van der Waals surface area (Å²) in [5, 5.41) is 22.7. The van der Waals surface area contributed by atoms with E-state index in [-0.39, 0.29) is 5.95 Å². The Bertz CT molecular complexity index is 644. The minimum Gasteiger partial charge on any atom is -0.388 e. The summed E-state index contributed by atoms with van der Waals surface area (Å²) in [6.07, 6.45) is -1.77. The van der Waals surface area contributed by atoms with E-state index >= 15 is 0 Å². The zero-order chi connectivity index (χ0) is 14.4. The minimum absolute atomic E-state index is 0.0877. The molecule has 0 spiro atoms. The SMILES string of the molecule is CNc1nc(N)nc2c1ncn2[C@@H]1O[C@H](C)[C@@H](O)[C@H]1O. The van der Waals surface area contributed by atoms with Crippen LogP contribution in [0.5, 0.6) is 0 Å². The van der Waals surface area contributed by atoms with Crippen LogP contribution in [0.3, 0.4) is 0 Å². The van der Waals surface area contributed by atoms with E-state index in [0.717, 1.165) is 0 Å². The molecule has 108 valence electrons. The number of nitrogens with zero attached hydrogens (tertiary/aromatic N) is 4. The maximum Gasteiger partial charge on any atom is 0.224 e. The third kappa shape index (κ3) is 1.79. The van der Waals surface area contributed by atoms with Crippen molar-refractivity contribution in [3.8, 4) is 0 Å². The van der Waals surface area contributed by atoms with Crippen LogP contribution in [0.4, 0.5) is 11.8 Å². The van der Waals surface area contributed by atoms with Gasteiger partial charge in [-0.2, -0.15) is 9.97 Å². The maximum absolute atomic E-state index is 10.0. The fourth-order valence-electron chi connectivity index (χ4n) is 2.35. The van der Waals surface area contributed by atoms with Gasteiger partial charge in [0, 0.05) is 7.05 Å². The monoisotopic (exact) mass is 280 g/mol. The molecule has 5 N–H and O–H groups in total. The van der Waals surface area contributed by atoms with Crippen LogP contribution >= 0.6 is 0 Å². The molecule has 1 saturated heterocycles. The summed E-state index contributed by atoms with van der Waals surface area (Å²) in [5.41, 5.74) is 6.62. The second-order valence-electron chi connectivity index (χ2n) is 4.72. The van der Waals surface area contributed by atoms with Crippen molar-refractivity contribution in [2.45, 2.75) is 31.5 Å². The molecule has 0 saturated carbocycles. The molecule has 9 nitrogen and oxygen atoms in total. The predicted molar refractivity (Wildman–Crippen MR) is 70.9 cm³/mol. The molecule has 1 aliphatic heterocycles. The van der Waals surface area contributed by atoms with Gasteiger partial charge >= 0.3 is 0 Å². The van der Waals surface area contributed by atoms with Gasteiger partial charge in [-0.15, -0.1) is 0 Å². The largest absolute Gasteiger partial charge is 0.388 e. The lowest BCUT2D eigenvalue weighted by atomic mass is 10.1. The van der Waals surface area contributed by atoms with Crippen LogP contribution in [-0.2, 0) is 4.74 Å². The fraction of sp³-hybridized carbons (Fsp3) is 0.545. The third-order valence-electron chi connectivity index (χ3n) is 3.43.